The number of benzene rings is 1. The number of rotatable bonds is 2. The second kappa shape index (κ2) is 4.61. The van der Waals surface area contributed by atoms with E-state index in [4.69, 9.17) is 4.42 Å². The van der Waals surface area contributed by atoms with E-state index in [9.17, 15) is 8.78 Å². The third kappa shape index (κ3) is 2.27. The fraction of sp³-hybridized carbons (Fsp3) is 0.231. The van der Waals surface area contributed by atoms with Crippen molar-refractivity contribution in [3.63, 3.8) is 0 Å². The standard InChI is InChI=1S/C13H11BrF2O/c1-7-3-4-17-13(7)12(14)9-6-10(15)8(2)5-11(9)16/h3-6,12H,1-2H3. The summed E-state index contributed by atoms with van der Waals surface area (Å²) in [6.07, 6.45) is 1.53. The number of halogens is 3. The Morgan fingerprint density at radius 3 is 2.41 bits per heavy atom. The van der Waals surface area contributed by atoms with E-state index in [0.29, 0.717) is 11.3 Å². The first kappa shape index (κ1) is 12.3. The molecule has 1 aromatic heterocycles. The first-order valence-corrected chi connectivity index (χ1v) is 6.06. The maximum Gasteiger partial charge on any atom is 0.128 e. The third-order valence-electron chi connectivity index (χ3n) is 2.68. The van der Waals surface area contributed by atoms with Crippen LogP contribution in [-0.4, -0.2) is 0 Å². The molecule has 0 saturated carbocycles. The van der Waals surface area contributed by atoms with Crippen molar-refractivity contribution in [2.75, 3.05) is 0 Å². The molecule has 0 bridgehead atoms. The van der Waals surface area contributed by atoms with Crippen LogP contribution >= 0.6 is 15.9 Å². The van der Waals surface area contributed by atoms with E-state index in [-0.39, 0.29) is 5.56 Å². The van der Waals surface area contributed by atoms with Crippen molar-refractivity contribution < 1.29 is 13.2 Å². The molecule has 0 spiro atoms. The van der Waals surface area contributed by atoms with Crippen LogP contribution in [0.15, 0.2) is 28.9 Å². The van der Waals surface area contributed by atoms with Gasteiger partial charge < -0.3 is 4.42 Å². The highest BCUT2D eigenvalue weighted by Crippen LogP contribution is 2.35. The summed E-state index contributed by atoms with van der Waals surface area (Å²) in [7, 11) is 0. The maximum atomic E-state index is 13.8. The molecule has 0 amide bonds. The Labute approximate surface area is 107 Å². The zero-order chi connectivity index (χ0) is 12.6. The topological polar surface area (TPSA) is 13.1 Å². The average molecular weight is 301 g/mol. The summed E-state index contributed by atoms with van der Waals surface area (Å²) in [6.45, 7) is 3.39. The molecule has 0 aliphatic carbocycles. The number of hydrogen-bond donors (Lipinski definition) is 0. The van der Waals surface area contributed by atoms with Gasteiger partial charge in [0.05, 0.1) is 6.26 Å². The van der Waals surface area contributed by atoms with Gasteiger partial charge in [0.25, 0.3) is 0 Å². The van der Waals surface area contributed by atoms with Crippen LogP contribution in [0.4, 0.5) is 8.78 Å². The lowest BCUT2D eigenvalue weighted by molar-refractivity contribution is 0.508. The van der Waals surface area contributed by atoms with E-state index >= 15 is 0 Å². The van der Waals surface area contributed by atoms with Gasteiger partial charge in [0.1, 0.15) is 22.2 Å². The lowest BCUT2D eigenvalue weighted by atomic mass is 10.1. The van der Waals surface area contributed by atoms with Gasteiger partial charge in [-0.2, -0.15) is 0 Å². The van der Waals surface area contributed by atoms with Gasteiger partial charge in [-0.15, -0.1) is 0 Å². The molecular weight excluding hydrogens is 290 g/mol. The molecule has 0 aliphatic heterocycles. The van der Waals surface area contributed by atoms with Crippen LogP contribution in [0.1, 0.15) is 27.3 Å². The minimum atomic E-state index is -0.479. The Bertz CT molecular complexity index is 548. The van der Waals surface area contributed by atoms with Crippen LogP contribution in [0.3, 0.4) is 0 Å². The maximum absolute atomic E-state index is 13.8. The summed E-state index contributed by atoms with van der Waals surface area (Å²) >= 11 is 3.33. The molecule has 17 heavy (non-hydrogen) atoms. The van der Waals surface area contributed by atoms with Gasteiger partial charge in [0.15, 0.2) is 0 Å². The lowest BCUT2D eigenvalue weighted by Gasteiger charge is -2.11. The van der Waals surface area contributed by atoms with Gasteiger partial charge in [-0.1, -0.05) is 15.9 Å². The number of hydrogen-bond acceptors (Lipinski definition) is 1. The largest absolute Gasteiger partial charge is 0.468 e. The fourth-order valence-corrected chi connectivity index (χ4v) is 2.46. The minimum absolute atomic E-state index is 0.242. The predicted molar refractivity (Wildman–Crippen MR) is 65.3 cm³/mol. The fourth-order valence-electron chi connectivity index (χ4n) is 1.64. The van der Waals surface area contributed by atoms with E-state index in [0.717, 1.165) is 5.56 Å². The Morgan fingerprint density at radius 1 is 1.12 bits per heavy atom. The highest BCUT2D eigenvalue weighted by molar-refractivity contribution is 9.09. The summed E-state index contributed by atoms with van der Waals surface area (Å²) in [5.41, 5.74) is 1.43. The molecule has 1 atom stereocenters. The van der Waals surface area contributed by atoms with Gasteiger partial charge in [-0.25, -0.2) is 8.78 Å². The molecule has 0 N–H and O–H groups in total. The summed E-state index contributed by atoms with van der Waals surface area (Å²) < 4.78 is 32.5. The Hall–Kier alpha value is -1.16. The van der Waals surface area contributed by atoms with E-state index in [1.807, 2.05) is 6.92 Å². The van der Waals surface area contributed by atoms with E-state index < -0.39 is 16.5 Å². The van der Waals surface area contributed by atoms with Gasteiger partial charge in [0.2, 0.25) is 0 Å². The van der Waals surface area contributed by atoms with Crippen LogP contribution in [0.2, 0.25) is 0 Å². The number of furan rings is 1. The van der Waals surface area contributed by atoms with Crippen molar-refractivity contribution in [2.45, 2.75) is 18.7 Å². The highest BCUT2D eigenvalue weighted by atomic mass is 79.9. The van der Waals surface area contributed by atoms with Gasteiger partial charge in [0, 0.05) is 5.56 Å². The monoisotopic (exact) mass is 300 g/mol. The average Bonchev–Trinajstić information content (AvgIpc) is 2.69. The van der Waals surface area contributed by atoms with Crippen molar-refractivity contribution in [3.05, 3.63) is 58.5 Å². The molecule has 2 rings (SSSR count). The molecule has 2 aromatic rings. The molecule has 0 radical (unpaired) electrons. The first-order valence-electron chi connectivity index (χ1n) is 5.14. The quantitative estimate of drug-likeness (QED) is 0.735. The molecule has 4 heteroatoms. The van der Waals surface area contributed by atoms with E-state index in [2.05, 4.69) is 15.9 Å². The molecule has 0 saturated heterocycles. The van der Waals surface area contributed by atoms with Crippen LogP contribution in [-0.2, 0) is 0 Å². The number of alkyl halides is 1. The van der Waals surface area contributed by atoms with E-state index in [1.165, 1.54) is 25.3 Å². The Morgan fingerprint density at radius 2 is 1.82 bits per heavy atom. The van der Waals surface area contributed by atoms with Crippen LogP contribution in [0, 0.1) is 25.5 Å². The van der Waals surface area contributed by atoms with Crippen molar-refractivity contribution in [1.82, 2.24) is 0 Å². The Balaban J connectivity index is 2.48. The third-order valence-corrected chi connectivity index (χ3v) is 3.59. The lowest BCUT2D eigenvalue weighted by Crippen LogP contribution is -1.99. The summed E-state index contributed by atoms with van der Waals surface area (Å²) in [4.78, 5) is -0.479. The van der Waals surface area contributed by atoms with Crippen LogP contribution in [0.25, 0.3) is 0 Å². The molecule has 1 aromatic carbocycles. The second-order valence-electron chi connectivity index (χ2n) is 3.95. The summed E-state index contributed by atoms with van der Waals surface area (Å²) in [6, 6.07) is 4.18. The van der Waals surface area contributed by atoms with Gasteiger partial charge in [-0.3, -0.25) is 0 Å². The van der Waals surface area contributed by atoms with Gasteiger partial charge >= 0.3 is 0 Å². The van der Waals surface area contributed by atoms with Crippen LogP contribution < -0.4 is 0 Å². The first-order chi connectivity index (χ1) is 8.00. The SMILES string of the molecule is Cc1cc(F)c(C(Br)c2occc2C)cc1F. The minimum Gasteiger partial charge on any atom is -0.468 e. The molecule has 90 valence electrons. The zero-order valence-electron chi connectivity index (χ0n) is 9.43. The summed E-state index contributed by atoms with van der Waals surface area (Å²) in [5.74, 6) is -0.274. The normalized spacial score (nSPS) is 12.8. The highest BCUT2D eigenvalue weighted by Gasteiger charge is 2.21. The van der Waals surface area contributed by atoms with E-state index in [1.54, 1.807) is 6.07 Å². The van der Waals surface area contributed by atoms with Crippen molar-refractivity contribution in [3.8, 4) is 0 Å². The molecule has 1 unspecified atom stereocenters. The second-order valence-corrected chi connectivity index (χ2v) is 4.87. The smallest absolute Gasteiger partial charge is 0.128 e. The number of aryl methyl sites for hydroxylation is 2. The zero-order valence-corrected chi connectivity index (χ0v) is 11.0. The van der Waals surface area contributed by atoms with Crippen molar-refractivity contribution in [2.24, 2.45) is 0 Å². The molecule has 1 nitrogen and oxygen atoms in total. The Kier molecular flexibility index (Phi) is 3.33. The molecule has 0 aliphatic rings. The summed E-state index contributed by atoms with van der Waals surface area (Å²) in [5, 5.41) is 0. The van der Waals surface area contributed by atoms with Crippen molar-refractivity contribution >= 4 is 15.9 Å². The van der Waals surface area contributed by atoms with Crippen molar-refractivity contribution in [1.29, 1.82) is 0 Å². The van der Waals surface area contributed by atoms with Crippen LogP contribution in [0.5, 0.6) is 0 Å². The van der Waals surface area contributed by atoms with Gasteiger partial charge in [-0.05, 0) is 43.2 Å². The molecule has 1 heterocycles. The molecule has 0 fully saturated rings. The predicted octanol–water partition coefficient (Wildman–Crippen LogP) is 4.66. The molecular formula is C13H11BrF2O.